The molecule has 0 aliphatic carbocycles. The van der Waals surface area contributed by atoms with Gasteiger partial charge in [0.05, 0.1) is 6.61 Å². The number of rotatable bonds is 5. The number of nitrogens with one attached hydrogen (secondary N) is 2. The van der Waals surface area contributed by atoms with E-state index in [9.17, 15) is 19.5 Å². The van der Waals surface area contributed by atoms with Gasteiger partial charge in [-0.1, -0.05) is 6.07 Å². The van der Waals surface area contributed by atoms with Crippen LogP contribution in [0.2, 0.25) is 0 Å². The molecule has 1 fully saturated rings. The lowest BCUT2D eigenvalue weighted by molar-refractivity contribution is -0.142. The number of carboxylic acids is 1. The molecule has 0 saturated carbocycles. The highest BCUT2D eigenvalue weighted by Gasteiger charge is 2.31. The Labute approximate surface area is 134 Å². The summed E-state index contributed by atoms with van der Waals surface area (Å²) in [6, 6.07) is 5.13. The second-order valence-electron chi connectivity index (χ2n) is 5.43. The molecule has 0 spiro atoms. The summed E-state index contributed by atoms with van der Waals surface area (Å²) in [6.45, 7) is 0.931. The van der Waals surface area contributed by atoms with Gasteiger partial charge in [0.1, 0.15) is 6.04 Å². The SMILES string of the molecule is CNC(=O)c1cccc(C(=O)NC(C(=O)O)C2CCCOC2)c1. The molecule has 0 radical (unpaired) electrons. The zero-order chi connectivity index (χ0) is 16.8. The van der Waals surface area contributed by atoms with Crippen molar-refractivity contribution in [1.82, 2.24) is 10.6 Å². The van der Waals surface area contributed by atoms with Crippen molar-refractivity contribution >= 4 is 17.8 Å². The molecule has 2 rings (SSSR count). The molecule has 2 unspecified atom stereocenters. The Hall–Kier alpha value is -2.41. The van der Waals surface area contributed by atoms with Crippen LogP contribution in [0.5, 0.6) is 0 Å². The van der Waals surface area contributed by atoms with Crippen molar-refractivity contribution < 1.29 is 24.2 Å². The van der Waals surface area contributed by atoms with E-state index in [2.05, 4.69) is 10.6 Å². The third-order valence-electron chi connectivity index (χ3n) is 3.83. The molecule has 1 saturated heterocycles. The first-order valence-corrected chi connectivity index (χ1v) is 7.46. The molecule has 124 valence electrons. The average Bonchev–Trinajstić information content (AvgIpc) is 2.59. The van der Waals surface area contributed by atoms with Crippen LogP contribution in [0.4, 0.5) is 0 Å². The summed E-state index contributed by atoms with van der Waals surface area (Å²) >= 11 is 0. The van der Waals surface area contributed by atoms with E-state index in [1.807, 2.05) is 0 Å². The molecule has 1 heterocycles. The maximum absolute atomic E-state index is 12.3. The van der Waals surface area contributed by atoms with E-state index in [1.165, 1.54) is 19.2 Å². The first-order valence-electron chi connectivity index (χ1n) is 7.46. The van der Waals surface area contributed by atoms with Crippen LogP contribution in [0.3, 0.4) is 0 Å². The quantitative estimate of drug-likeness (QED) is 0.739. The van der Waals surface area contributed by atoms with Crippen molar-refractivity contribution in [2.75, 3.05) is 20.3 Å². The Kier molecular flexibility index (Phi) is 5.70. The topological polar surface area (TPSA) is 105 Å². The van der Waals surface area contributed by atoms with Gasteiger partial charge in [-0.15, -0.1) is 0 Å². The van der Waals surface area contributed by atoms with E-state index in [0.29, 0.717) is 25.2 Å². The van der Waals surface area contributed by atoms with Crippen LogP contribution in [-0.2, 0) is 9.53 Å². The summed E-state index contributed by atoms with van der Waals surface area (Å²) in [4.78, 5) is 35.4. The summed E-state index contributed by atoms with van der Waals surface area (Å²) in [6.07, 6.45) is 1.46. The minimum atomic E-state index is -1.09. The number of amides is 2. The van der Waals surface area contributed by atoms with Crippen LogP contribution >= 0.6 is 0 Å². The number of aliphatic carboxylic acids is 1. The number of carbonyl (C=O) groups excluding carboxylic acids is 2. The maximum atomic E-state index is 12.3. The zero-order valence-corrected chi connectivity index (χ0v) is 12.9. The fourth-order valence-corrected chi connectivity index (χ4v) is 2.58. The van der Waals surface area contributed by atoms with Crippen LogP contribution < -0.4 is 10.6 Å². The molecule has 0 bridgehead atoms. The number of benzene rings is 1. The lowest BCUT2D eigenvalue weighted by Gasteiger charge is -2.28. The number of ether oxygens (including phenoxy) is 1. The largest absolute Gasteiger partial charge is 0.480 e. The predicted molar refractivity (Wildman–Crippen MR) is 82.3 cm³/mol. The molecule has 2 atom stereocenters. The normalized spacial score (nSPS) is 18.7. The van der Waals surface area contributed by atoms with Crippen LogP contribution in [0.1, 0.15) is 33.6 Å². The molecular formula is C16H20N2O5. The highest BCUT2D eigenvalue weighted by molar-refractivity contribution is 6.00. The second kappa shape index (κ2) is 7.73. The van der Waals surface area contributed by atoms with Crippen molar-refractivity contribution in [3.8, 4) is 0 Å². The van der Waals surface area contributed by atoms with Crippen molar-refractivity contribution in [2.24, 2.45) is 5.92 Å². The zero-order valence-electron chi connectivity index (χ0n) is 12.9. The Morgan fingerprint density at radius 2 is 1.96 bits per heavy atom. The van der Waals surface area contributed by atoms with Crippen LogP contribution in [-0.4, -0.2) is 49.2 Å². The summed E-state index contributed by atoms with van der Waals surface area (Å²) in [5.41, 5.74) is 0.585. The van der Waals surface area contributed by atoms with Crippen molar-refractivity contribution in [1.29, 1.82) is 0 Å². The number of hydrogen-bond acceptors (Lipinski definition) is 4. The molecule has 1 aromatic carbocycles. The predicted octanol–water partition coefficient (Wildman–Crippen LogP) is 0.656. The smallest absolute Gasteiger partial charge is 0.326 e. The molecule has 2 amide bonds. The Morgan fingerprint density at radius 3 is 2.52 bits per heavy atom. The number of carbonyl (C=O) groups is 3. The van der Waals surface area contributed by atoms with E-state index >= 15 is 0 Å². The Morgan fingerprint density at radius 1 is 1.26 bits per heavy atom. The molecule has 7 heteroatoms. The van der Waals surface area contributed by atoms with Gasteiger partial charge in [-0.2, -0.15) is 0 Å². The van der Waals surface area contributed by atoms with Crippen molar-refractivity contribution in [2.45, 2.75) is 18.9 Å². The van der Waals surface area contributed by atoms with E-state index in [-0.39, 0.29) is 17.4 Å². The van der Waals surface area contributed by atoms with Gasteiger partial charge < -0.3 is 20.5 Å². The van der Waals surface area contributed by atoms with E-state index in [4.69, 9.17) is 4.74 Å². The van der Waals surface area contributed by atoms with Crippen molar-refractivity contribution in [3.05, 3.63) is 35.4 Å². The summed E-state index contributed by atoms with van der Waals surface area (Å²) in [5, 5.41) is 14.4. The first kappa shape index (κ1) is 17.0. The molecule has 23 heavy (non-hydrogen) atoms. The van der Waals surface area contributed by atoms with Gasteiger partial charge in [-0.25, -0.2) is 4.79 Å². The van der Waals surface area contributed by atoms with Gasteiger partial charge >= 0.3 is 5.97 Å². The minimum absolute atomic E-state index is 0.245. The molecule has 0 aromatic heterocycles. The van der Waals surface area contributed by atoms with E-state index in [1.54, 1.807) is 12.1 Å². The van der Waals surface area contributed by atoms with Gasteiger partial charge in [0.2, 0.25) is 0 Å². The molecule has 7 nitrogen and oxygen atoms in total. The molecule has 1 aliphatic heterocycles. The standard InChI is InChI=1S/C16H20N2O5/c1-17-14(19)10-4-2-5-11(8-10)15(20)18-13(16(21)22)12-6-3-7-23-9-12/h2,4-5,8,12-13H,3,6-7,9H2,1H3,(H,17,19)(H,18,20)(H,21,22). The van der Waals surface area contributed by atoms with Crippen molar-refractivity contribution in [3.63, 3.8) is 0 Å². The van der Waals surface area contributed by atoms with Gasteiger partial charge in [-0.3, -0.25) is 9.59 Å². The number of carboxylic acid groups (broad SMARTS) is 1. The van der Waals surface area contributed by atoms with E-state index < -0.39 is 17.9 Å². The second-order valence-corrected chi connectivity index (χ2v) is 5.43. The first-order chi connectivity index (χ1) is 11.0. The highest BCUT2D eigenvalue weighted by atomic mass is 16.5. The average molecular weight is 320 g/mol. The molecule has 1 aliphatic rings. The monoisotopic (exact) mass is 320 g/mol. The van der Waals surface area contributed by atoms with Gasteiger partial charge in [-0.05, 0) is 31.0 Å². The third kappa shape index (κ3) is 4.29. The molecular weight excluding hydrogens is 300 g/mol. The third-order valence-corrected chi connectivity index (χ3v) is 3.83. The summed E-state index contributed by atoms with van der Waals surface area (Å²) < 4.78 is 5.30. The molecule has 3 N–H and O–H groups in total. The Balaban J connectivity index is 2.12. The van der Waals surface area contributed by atoms with Gasteiger partial charge in [0.15, 0.2) is 0 Å². The minimum Gasteiger partial charge on any atom is -0.480 e. The van der Waals surface area contributed by atoms with Gasteiger partial charge in [0, 0.05) is 30.7 Å². The Bertz CT molecular complexity index is 596. The van der Waals surface area contributed by atoms with E-state index in [0.717, 1.165) is 6.42 Å². The fourth-order valence-electron chi connectivity index (χ4n) is 2.58. The van der Waals surface area contributed by atoms with Gasteiger partial charge in [0.25, 0.3) is 11.8 Å². The lowest BCUT2D eigenvalue weighted by atomic mass is 9.93. The fraction of sp³-hybridized carbons (Fsp3) is 0.438. The lowest BCUT2D eigenvalue weighted by Crippen LogP contribution is -2.48. The molecule has 1 aromatic rings. The van der Waals surface area contributed by atoms with Crippen LogP contribution in [0, 0.1) is 5.92 Å². The summed E-state index contributed by atoms with van der Waals surface area (Å²) in [5.74, 6) is -2.17. The highest BCUT2D eigenvalue weighted by Crippen LogP contribution is 2.18. The number of hydrogen-bond donors (Lipinski definition) is 3. The van der Waals surface area contributed by atoms with Crippen LogP contribution in [0.15, 0.2) is 24.3 Å². The van der Waals surface area contributed by atoms with Crippen LogP contribution in [0.25, 0.3) is 0 Å². The summed E-state index contributed by atoms with van der Waals surface area (Å²) in [7, 11) is 1.50. The maximum Gasteiger partial charge on any atom is 0.326 e.